The van der Waals surface area contributed by atoms with E-state index in [1.807, 2.05) is 12.3 Å². The Hall–Kier alpha value is -1.71. The van der Waals surface area contributed by atoms with Crippen LogP contribution in [0.15, 0.2) is 41.7 Å². The molecule has 22 heavy (non-hydrogen) atoms. The van der Waals surface area contributed by atoms with E-state index in [0.29, 0.717) is 19.0 Å². The van der Waals surface area contributed by atoms with Gasteiger partial charge >= 0.3 is 0 Å². The van der Waals surface area contributed by atoms with Gasteiger partial charge < -0.3 is 10.6 Å². The monoisotopic (exact) mass is 421 g/mol. The van der Waals surface area contributed by atoms with E-state index in [-0.39, 0.29) is 36.1 Å². The molecular weight excluding hydrogens is 403 g/mol. The maximum atomic E-state index is 13.5. The number of hydrogen-bond acceptors (Lipinski definition) is 2. The summed E-state index contributed by atoms with van der Waals surface area (Å²) in [6.45, 7) is 1.46. The molecule has 0 spiro atoms. The van der Waals surface area contributed by atoms with E-state index < -0.39 is 11.6 Å². The molecule has 1 aromatic carbocycles. The van der Waals surface area contributed by atoms with E-state index in [1.54, 1.807) is 17.9 Å². The van der Waals surface area contributed by atoms with Crippen LogP contribution in [0.2, 0.25) is 0 Å². The van der Waals surface area contributed by atoms with Gasteiger partial charge in [-0.25, -0.2) is 8.78 Å². The van der Waals surface area contributed by atoms with Gasteiger partial charge in [0, 0.05) is 38.1 Å². The van der Waals surface area contributed by atoms with Crippen molar-refractivity contribution in [3.8, 4) is 0 Å². The largest absolute Gasteiger partial charge is 0.355 e. The number of rotatable bonds is 5. The number of halogens is 3. The van der Waals surface area contributed by atoms with Crippen LogP contribution in [0.4, 0.5) is 8.78 Å². The summed E-state index contributed by atoms with van der Waals surface area (Å²) in [4.78, 5) is 4.02. The molecule has 0 aliphatic rings. The second-order valence-corrected chi connectivity index (χ2v) is 4.36. The maximum Gasteiger partial charge on any atom is 0.191 e. The van der Waals surface area contributed by atoms with E-state index in [9.17, 15) is 8.78 Å². The Kier molecular flexibility index (Phi) is 7.78. The number of aliphatic imine (C=N–C) groups is 1. The van der Waals surface area contributed by atoms with Crippen LogP contribution in [-0.4, -0.2) is 29.3 Å². The number of guanidine groups is 1. The van der Waals surface area contributed by atoms with E-state index in [1.165, 1.54) is 6.07 Å². The van der Waals surface area contributed by atoms with Crippen LogP contribution in [0.5, 0.6) is 0 Å². The maximum absolute atomic E-state index is 13.5. The second kappa shape index (κ2) is 9.34. The van der Waals surface area contributed by atoms with Gasteiger partial charge in [-0.3, -0.25) is 9.67 Å². The summed E-state index contributed by atoms with van der Waals surface area (Å²) in [5.74, 6) is -0.392. The molecule has 1 heterocycles. The van der Waals surface area contributed by atoms with Gasteiger partial charge in [-0.1, -0.05) is 0 Å². The summed E-state index contributed by atoms with van der Waals surface area (Å²) in [5, 5.41) is 10.1. The third-order valence-electron chi connectivity index (χ3n) is 2.87. The molecule has 2 aromatic rings. The smallest absolute Gasteiger partial charge is 0.191 e. The average molecular weight is 421 g/mol. The third-order valence-corrected chi connectivity index (χ3v) is 2.87. The first-order valence-corrected chi connectivity index (χ1v) is 6.55. The predicted molar refractivity (Wildman–Crippen MR) is 92.2 cm³/mol. The van der Waals surface area contributed by atoms with Crippen molar-refractivity contribution >= 4 is 29.9 Å². The van der Waals surface area contributed by atoms with Crippen molar-refractivity contribution < 1.29 is 8.78 Å². The number of benzene rings is 1. The highest BCUT2D eigenvalue weighted by molar-refractivity contribution is 14.0. The minimum absolute atomic E-state index is 0. The molecule has 0 saturated carbocycles. The first kappa shape index (κ1) is 18.3. The lowest BCUT2D eigenvalue weighted by atomic mass is 10.2. The summed E-state index contributed by atoms with van der Waals surface area (Å²) in [5.41, 5.74) is 0.255. The molecule has 2 rings (SSSR count). The molecule has 0 saturated heterocycles. The molecular formula is C14H18F2IN5. The van der Waals surface area contributed by atoms with E-state index in [0.717, 1.165) is 12.1 Å². The lowest BCUT2D eigenvalue weighted by Gasteiger charge is -2.12. The standard InChI is InChI=1S/C14H17F2N5.HI/c1-17-14(18-6-8-21-7-2-5-20-21)19-10-11-9-12(15)3-4-13(11)16;/h2-5,7,9H,6,8,10H2,1H3,(H2,17,18,19);1H. The summed E-state index contributed by atoms with van der Waals surface area (Å²) >= 11 is 0. The van der Waals surface area contributed by atoms with Crippen molar-refractivity contribution in [1.29, 1.82) is 0 Å². The molecule has 0 aliphatic heterocycles. The Bertz CT molecular complexity index is 601. The van der Waals surface area contributed by atoms with Gasteiger partial charge in [0.25, 0.3) is 0 Å². The zero-order valence-corrected chi connectivity index (χ0v) is 14.4. The summed E-state index contributed by atoms with van der Waals surface area (Å²) in [6.07, 6.45) is 3.57. The molecule has 1 aromatic heterocycles. The van der Waals surface area contributed by atoms with Crippen LogP contribution in [0, 0.1) is 11.6 Å². The molecule has 0 aliphatic carbocycles. The molecule has 5 nitrogen and oxygen atoms in total. The second-order valence-electron chi connectivity index (χ2n) is 4.36. The first-order chi connectivity index (χ1) is 10.2. The molecule has 0 amide bonds. The van der Waals surface area contributed by atoms with Crippen molar-refractivity contribution in [3.63, 3.8) is 0 Å². The zero-order valence-electron chi connectivity index (χ0n) is 12.1. The number of aromatic nitrogens is 2. The molecule has 0 radical (unpaired) electrons. The molecule has 0 fully saturated rings. The Balaban J connectivity index is 0.00000242. The van der Waals surface area contributed by atoms with Crippen molar-refractivity contribution in [2.75, 3.05) is 13.6 Å². The van der Waals surface area contributed by atoms with Crippen LogP contribution in [0.3, 0.4) is 0 Å². The fourth-order valence-corrected chi connectivity index (χ4v) is 1.80. The highest BCUT2D eigenvalue weighted by Gasteiger charge is 2.05. The van der Waals surface area contributed by atoms with Crippen LogP contribution in [0.25, 0.3) is 0 Å². The van der Waals surface area contributed by atoms with Crippen LogP contribution in [0.1, 0.15) is 5.56 Å². The minimum Gasteiger partial charge on any atom is -0.355 e. The Morgan fingerprint density at radius 3 is 2.82 bits per heavy atom. The SMILES string of the molecule is CN=C(NCCn1cccn1)NCc1cc(F)ccc1F.I. The molecule has 2 N–H and O–H groups in total. The van der Waals surface area contributed by atoms with Gasteiger partial charge in [0.05, 0.1) is 6.54 Å². The summed E-state index contributed by atoms with van der Waals surface area (Å²) in [7, 11) is 1.62. The van der Waals surface area contributed by atoms with Crippen LogP contribution in [-0.2, 0) is 13.1 Å². The number of hydrogen-bond donors (Lipinski definition) is 2. The normalized spacial score (nSPS) is 11.0. The highest BCUT2D eigenvalue weighted by Crippen LogP contribution is 2.08. The van der Waals surface area contributed by atoms with Crippen molar-refractivity contribution in [2.24, 2.45) is 4.99 Å². The number of nitrogens with zero attached hydrogens (tertiary/aromatic N) is 3. The highest BCUT2D eigenvalue weighted by atomic mass is 127. The Labute approximate surface area is 144 Å². The van der Waals surface area contributed by atoms with Gasteiger partial charge in [-0.05, 0) is 24.3 Å². The zero-order chi connectivity index (χ0) is 15.1. The summed E-state index contributed by atoms with van der Waals surface area (Å²) < 4.78 is 28.3. The van der Waals surface area contributed by atoms with Gasteiger partial charge in [0.1, 0.15) is 11.6 Å². The lowest BCUT2D eigenvalue weighted by molar-refractivity contribution is 0.578. The number of nitrogens with one attached hydrogen (secondary N) is 2. The van der Waals surface area contributed by atoms with Gasteiger partial charge in [-0.2, -0.15) is 5.10 Å². The molecule has 0 bridgehead atoms. The molecule has 0 unspecified atom stereocenters. The lowest BCUT2D eigenvalue weighted by Crippen LogP contribution is -2.38. The Morgan fingerprint density at radius 2 is 2.14 bits per heavy atom. The Morgan fingerprint density at radius 1 is 1.32 bits per heavy atom. The van der Waals surface area contributed by atoms with Gasteiger partial charge in [0.2, 0.25) is 0 Å². The topological polar surface area (TPSA) is 54.2 Å². The fraction of sp³-hybridized carbons (Fsp3) is 0.286. The average Bonchev–Trinajstić information content (AvgIpc) is 2.99. The van der Waals surface area contributed by atoms with E-state index in [4.69, 9.17) is 0 Å². The summed E-state index contributed by atoms with van der Waals surface area (Å²) in [6, 6.07) is 5.22. The van der Waals surface area contributed by atoms with E-state index >= 15 is 0 Å². The van der Waals surface area contributed by atoms with E-state index in [2.05, 4.69) is 20.7 Å². The minimum atomic E-state index is -0.463. The molecule has 8 heteroatoms. The molecule has 120 valence electrons. The predicted octanol–water partition coefficient (Wildman–Crippen LogP) is 2.14. The fourth-order valence-electron chi connectivity index (χ4n) is 1.80. The molecule has 0 atom stereocenters. The van der Waals surface area contributed by atoms with Crippen molar-refractivity contribution in [3.05, 3.63) is 53.9 Å². The van der Waals surface area contributed by atoms with Crippen molar-refractivity contribution in [2.45, 2.75) is 13.1 Å². The van der Waals surface area contributed by atoms with Gasteiger partial charge in [-0.15, -0.1) is 24.0 Å². The first-order valence-electron chi connectivity index (χ1n) is 6.55. The third kappa shape index (κ3) is 5.58. The van der Waals surface area contributed by atoms with Crippen LogP contribution >= 0.6 is 24.0 Å². The van der Waals surface area contributed by atoms with Crippen molar-refractivity contribution in [1.82, 2.24) is 20.4 Å². The van der Waals surface area contributed by atoms with Crippen LogP contribution < -0.4 is 10.6 Å². The van der Waals surface area contributed by atoms with Gasteiger partial charge in [0.15, 0.2) is 5.96 Å². The quantitative estimate of drug-likeness (QED) is 0.442.